The van der Waals surface area contributed by atoms with Gasteiger partial charge in [0.1, 0.15) is 0 Å². The first kappa shape index (κ1) is 10.1. The van der Waals surface area contributed by atoms with Gasteiger partial charge in [-0.1, -0.05) is 13.8 Å². The predicted molar refractivity (Wildman–Crippen MR) is 39.7 cm³/mol. The van der Waals surface area contributed by atoms with E-state index >= 15 is 0 Å². The van der Waals surface area contributed by atoms with E-state index in [4.69, 9.17) is 15.5 Å². The Morgan fingerprint density at radius 3 is 2.00 bits per heavy atom. The van der Waals surface area contributed by atoms with Gasteiger partial charge in [0.05, 0.1) is 6.16 Å². The highest BCUT2D eigenvalue weighted by Gasteiger charge is 2.20. The molecule has 0 rings (SSSR count). The van der Waals surface area contributed by atoms with Crippen LogP contribution in [0.3, 0.4) is 0 Å². The van der Waals surface area contributed by atoms with Crippen LogP contribution in [0.5, 0.6) is 0 Å². The monoisotopic (exact) mass is 167 g/mol. The molecule has 0 aromatic rings. The molecule has 62 valence electrons. The fourth-order valence-electron chi connectivity index (χ4n) is 0.485. The molecule has 0 aromatic heterocycles. The second kappa shape index (κ2) is 3.49. The fraction of sp³-hybridized carbons (Fsp3) is 1.00. The Kier molecular flexibility index (Phi) is 3.52. The highest BCUT2D eigenvalue weighted by atomic mass is 31.2. The lowest BCUT2D eigenvalue weighted by atomic mass is 10.1. The molecular weight excluding hydrogens is 153 g/mol. The van der Waals surface area contributed by atoms with Gasteiger partial charge in [0.15, 0.2) is 0 Å². The van der Waals surface area contributed by atoms with Crippen molar-refractivity contribution in [1.82, 2.24) is 0 Å². The van der Waals surface area contributed by atoms with Crippen LogP contribution in [0.25, 0.3) is 0 Å². The number of hydrogen-bond acceptors (Lipinski definition) is 2. The zero-order valence-electron chi connectivity index (χ0n) is 6.19. The minimum Gasteiger partial charge on any atom is -0.327 e. The van der Waals surface area contributed by atoms with E-state index in [1.54, 1.807) is 0 Å². The lowest BCUT2D eigenvalue weighted by Crippen LogP contribution is -2.30. The Hall–Kier alpha value is 0.110. The van der Waals surface area contributed by atoms with Crippen LogP contribution in [0.15, 0.2) is 0 Å². The molecule has 0 saturated heterocycles. The minimum absolute atomic E-state index is 0.118. The molecule has 0 heterocycles. The zero-order chi connectivity index (χ0) is 8.36. The van der Waals surface area contributed by atoms with E-state index in [0.29, 0.717) is 0 Å². The summed E-state index contributed by atoms with van der Waals surface area (Å²) in [6.07, 6.45) is -0.218. The molecule has 0 aliphatic carbocycles. The number of rotatable bonds is 3. The van der Waals surface area contributed by atoms with Crippen molar-refractivity contribution in [1.29, 1.82) is 0 Å². The van der Waals surface area contributed by atoms with Crippen LogP contribution < -0.4 is 5.73 Å². The third-order valence-electron chi connectivity index (χ3n) is 1.30. The number of nitrogens with two attached hydrogens (primary N) is 1. The van der Waals surface area contributed by atoms with E-state index in [2.05, 4.69) is 0 Å². The van der Waals surface area contributed by atoms with E-state index in [1.807, 2.05) is 13.8 Å². The third kappa shape index (κ3) is 4.94. The highest BCUT2D eigenvalue weighted by Crippen LogP contribution is 2.35. The largest absolute Gasteiger partial charge is 0.327 e. The Labute approximate surface area is 60.6 Å². The molecule has 5 heteroatoms. The van der Waals surface area contributed by atoms with Gasteiger partial charge < -0.3 is 15.5 Å². The van der Waals surface area contributed by atoms with Gasteiger partial charge in [-0.3, -0.25) is 4.57 Å². The molecule has 4 N–H and O–H groups in total. The van der Waals surface area contributed by atoms with E-state index in [0.717, 1.165) is 0 Å². The van der Waals surface area contributed by atoms with Crippen LogP contribution in [-0.2, 0) is 4.57 Å². The standard InChI is InChI=1S/C5H14NO3P/c1-4(2)5(6)3-10(7,8)9/h4-5H,3,6H2,1-2H3,(H2,7,8,9). The van der Waals surface area contributed by atoms with E-state index in [1.165, 1.54) is 0 Å². The molecule has 0 spiro atoms. The smallest absolute Gasteiger partial charge is 0.327 e. The van der Waals surface area contributed by atoms with Crippen LogP contribution in [0.2, 0.25) is 0 Å². The van der Waals surface area contributed by atoms with Crippen molar-refractivity contribution in [2.75, 3.05) is 6.16 Å². The van der Waals surface area contributed by atoms with Gasteiger partial charge in [0.25, 0.3) is 0 Å². The predicted octanol–water partition coefficient (Wildman–Crippen LogP) is 0.147. The summed E-state index contributed by atoms with van der Waals surface area (Å²) in [7, 11) is -3.90. The van der Waals surface area contributed by atoms with Gasteiger partial charge in [-0.25, -0.2) is 0 Å². The Morgan fingerprint density at radius 1 is 1.50 bits per heavy atom. The summed E-state index contributed by atoms with van der Waals surface area (Å²) in [5.41, 5.74) is 5.41. The molecule has 4 nitrogen and oxygen atoms in total. The molecule has 0 amide bonds. The topological polar surface area (TPSA) is 83.6 Å². The van der Waals surface area contributed by atoms with Crippen molar-refractivity contribution in [3.63, 3.8) is 0 Å². The Balaban J connectivity index is 3.80. The summed E-state index contributed by atoms with van der Waals surface area (Å²) >= 11 is 0. The van der Waals surface area contributed by atoms with Crippen LogP contribution in [-0.4, -0.2) is 22.0 Å². The second-order valence-electron chi connectivity index (χ2n) is 2.76. The maximum atomic E-state index is 10.4. The van der Waals surface area contributed by atoms with Crippen molar-refractivity contribution >= 4 is 7.60 Å². The Morgan fingerprint density at radius 2 is 1.90 bits per heavy atom. The fourth-order valence-corrected chi connectivity index (χ4v) is 1.46. The molecule has 0 aromatic carbocycles. The molecule has 10 heavy (non-hydrogen) atoms. The van der Waals surface area contributed by atoms with Crippen molar-refractivity contribution < 1.29 is 14.4 Å². The first-order valence-electron chi connectivity index (χ1n) is 3.13. The molecule has 1 unspecified atom stereocenters. The first-order valence-corrected chi connectivity index (χ1v) is 4.93. The van der Waals surface area contributed by atoms with Crippen LogP contribution in [0.1, 0.15) is 13.8 Å². The van der Waals surface area contributed by atoms with Crippen molar-refractivity contribution in [2.24, 2.45) is 11.7 Å². The van der Waals surface area contributed by atoms with E-state index in [-0.39, 0.29) is 12.1 Å². The molecule has 0 saturated carbocycles. The maximum Gasteiger partial charge on any atom is 0.327 e. The van der Waals surface area contributed by atoms with Crippen molar-refractivity contribution in [3.8, 4) is 0 Å². The third-order valence-corrected chi connectivity index (χ3v) is 2.20. The van der Waals surface area contributed by atoms with E-state index in [9.17, 15) is 4.57 Å². The normalized spacial score (nSPS) is 15.8. The summed E-state index contributed by atoms with van der Waals surface area (Å²) in [4.78, 5) is 16.9. The number of hydrogen-bond donors (Lipinski definition) is 3. The molecule has 0 bridgehead atoms. The SMILES string of the molecule is CC(C)C(N)CP(=O)(O)O. The lowest BCUT2D eigenvalue weighted by molar-refractivity contribution is 0.361. The Bertz CT molecular complexity index is 142. The van der Waals surface area contributed by atoms with Gasteiger partial charge in [-0.2, -0.15) is 0 Å². The molecule has 0 radical (unpaired) electrons. The summed E-state index contributed by atoms with van der Waals surface area (Å²) in [6.45, 7) is 3.67. The molecule has 0 fully saturated rings. The van der Waals surface area contributed by atoms with Gasteiger partial charge >= 0.3 is 7.60 Å². The summed E-state index contributed by atoms with van der Waals surface area (Å²) < 4.78 is 10.4. The van der Waals surface area contributed by atoms with Gasteiger partial charge in [-0.05, 0) is 5.92 Å². The summed E-state index contributed by atoms with van der Waals surface area (Å²) in [5, 5.41) is 0. The van der Waals surface area contributed by atoms with Crippen LogP contribution in [0, 0.1) is 5.92 Å². The second-order valence-corrected chi connectivity index (χ2v) is 4.45. The quantitative estimate of drug-likeness (QED) is 0.522. The van der Waals surface area contributed by atoms with Crippen LogP contribution >= 0.6 is 7.60 Å². The first-order chi connectivity index (χ1) is 4.33. The molecule has 0 aliphatic heterocycles. The van der Waals surface area contributed by atoms with Crippen LogP contribution in [0.4, 0.5) is 0 Å². The zero-order valence-corrected chi connectivity index (χ0v) is 7.08. The molecule has 0 aliphatic rings. The lowest BCUT2D eigenvalue weighted by Gasteiger charge is -2.15. The highest BCUT2D eigenvalue weighted by molar-refractivity contribution is 7.51. The maximum absolute atomic E-state index is 10.4. The van der Waals surface area contributed by atoms with Crippen molar-refractivity contribution in [3.05, 3.63) is 0 Å². The molecule has 1 atom stereocenters. The molecular formula is C5H14NO3P. The van der Waals surface area contributed by atoms with Gasteiger partial charge in [0, 0.05) is 6.04 Å². The van der Waals surface area contributed by atoms with Crippen molar-refractivity contribution in [2.45, 2.75) is 19.9 Å². The minimum atomic E-state index is -3.90. The summed E-state index contributed by atoms with van der Waals surface area (Å²) in [6, 6.07) is -0.402. The van der Waals surface area contributed by atoms with Gasteiger partial charge in [0.2, 0.25) is 0 Å². The summed E-state index contributed by atoms with van der Waals surface area (Å²) in [5.74, 6) is 0.118. The van der Waals surface area contributed by atoms with E-state index < -0.39 is 13.6 Å². The average molecular weight is 167 g/mol. The average Bonchev–Trinajstić information content (AvgIpc) is 1.60. The van der Waals surface area contributed by atoms with Gasteiger partial charge in [-0.15, -0.1) is 0 Å².